The Morgan fingerprint density at radius 3 is 2.21 bits per heavy atom. The van der Waals surface area contributed by atoms with E-state index in [0.717, 1.165) is 6.07 Å². The highest BCUT2D eigenvalue weighted by molar-refractivity contribution is 7.46. The molecule has 0 aliphatic heterocycles. The molecule has 0 radical (unpaired) electrons. The van der Waals surface area contributed by atoms with Crippen LogP contribution in [0.5, 0.6) is 17.2 Å². The SMILES string of the molecule is CCC(C(=O)c1ccc(O)cc1OP(=O)(O)O)c1ccc(O)cc1. The Morgan fingerprint density at radius 2 is 1.67 bits per heavy atom. The van der Waals surface area contributed by atoms with Crippen molar-refractivity contribution in [3.8, 4) is 17.2 Å². The van der Waals surface area contributed by atoms with Crippen molar-refractivity contribution in [1.29, 1.82) is 0 Å². The van der Waals surface area contributed by atoms with Crippen molar-refractivity contribution >= 4 is 13.6 Å². The normalized spacial score (nSPS) is 12.6. The molecule has 2 aromatic rings. The zero-order valence-corrected chi connectivity index (χ0v) is 13.7. The Labute approximate surface area is 138 Å². The van der Waals surface area contributed by atoms with Crippen molar-refractivity contribution in [3.05, 3.63) is 53.6 Å². The molecule has 0 heterocycles. The zero-order valence-electron chi connectivity index (χ0n) is 12.8. The Morgan fingerprint density at radius 1 is 1.08 bits per heavy atom. The summed E-state index contributed by atoms with van der Waals surface area (Å²) >= 11 is 0. The summed E-state index contributed by atoms with van der Waals surface area (Å²) in [6, 6.07) is 9.59. The number of carbonyl (C=O) groups excluding carboxylic acids is 1. The van der Waals surface area contributed by atoms with E-state index in [0.29, 0.717) is 12.0 Å². The van der Waals surface area contributed by atoms with Crippen LogP contribution in [-0.4, -0.2) is 25.8 Å². The molecule has 1 atom stereocenters. The van der Waals surface area contributed by atoms with E-state index in [2.05, 4.69) is 4.52 Å². The Hall–Kier alpha value is -2.34. The van der Waals surface area contributed by atoms with Crippen LogP contribution in [0.1, 0.15) is 35.2 Å². The van der Waals surface area contributed by atoms with Crippen LogP contribution in [0.15, 0.2) is 42.5 Å². The summed E-state index contributed by atoms with van der Waals surface area (Å²) in [6.07, 6.45) is 0.430. The van der Waals surface area contributed by atoms with Crippen LogP contribution in [0.4, 0.5) is 0 Å². The topological polar surface area (TPSA) is 124 Å². The maximum atomic E-state index is 12.8. The van der Waals surface area contributed by atoms with Gasteiger partial charge in [-0.2, -0.15) is 0 Å². The molecular weight excluding hydrogens is 335 g/mol. The van der Waals surface area contributed by atoms with Crippen LogP contribution in [0.25, 0.3) is 0 Å². The van der Waals surface area contributed by atoms with E-state index in [4.69, 9.17) is 9.79 Å². The van der Waals surface area contributed by atoms with Gasteiger partial charge in [0.1, 0.15) is 17.2 Å². The van der Waals surface area contributed by atoms with E-state index in [1.807, 2.05) is 0 Å². The molecule has 0 saturated heterocycles. The number of hydrogen-bond acceptors (Lipinski definition) is 5. The van der Waals surface area contributed by atoms with Crippen LogP contribution in [0.2, 0.25) is 0 Å². The lowest BCUT2D eigenvalue weighted by Crippen LogP contribution is -2.13. The Balaban J connectivity index is 2.43. The average molecular weight is 352 g/mol. The van der Waals surface area contributed by atoms with E-state index in [-0.39, 0.29) is 22.8 Å². The number of carbonyl (C=O) groups is 1. The summed E-state index contributed by atoms with van der Waals surface area (Å²) in [6.45, 7) is 1.79. The van der Waals surface area contributed by atoms with Crippen molar-refractivity contribution < 1.29 is 33.9 Å². The van der Waals surface area contributed by atoms with E-state index >= 15 is 0 Å². The van der Waals surface area contributed by atoms with Crippen molar-refractivity contribution in [1.82, 2.24) is 0 Å². The van der Waals surface area contributed by atoms with Crippen LogP contribution >= 0.6 is 7.82 Å². The standard InChI is InChI=1S/C16H17O7P/c1-2-13(10-3-5-11(17)6-4-10)16(19)14-8-7-12(18)9-15(14)23-24(20,21)22/h3-9,13,17-18H,2H2,1H3,(H2,20,21,22). The number of phenols is 2. The first-order chi connectivity index (χ1) is 11.2. The van der Waals surface area contributed by atoms with Gasteiger partial charge in [-0.05, 0) is 36.2 Å². The van der Waals surface area contributed by atoms with Crippen LogP contribution in [0.3, 0.4) is 0 Å². The maximum absolute atomic E-state index is 12.8. The molecule has 24 heavy (non-hydrogen) atoms. The molecule has 0 aromatic heterocycles. The number of hydrogen-bond donors (Lipinski definition) is 4. The molecule has 0 saturated carbocycles. The third kappa shape index (κ3) is 4.35. The monoisotopic (exact) mass is 352 g/mol. The van der Waals surface area contributed by atoms with Gasteiger partial charge in [0.25, 0.3) is 0 Å². The predicted molar refractivity (Wildman–Crippen MR) is 86.2 cm³/mol. The van der Waals surface area contributed by atoms with Crippen LogP contribution in [-0.2, 0) is 4.57 Å². The van der Waals surface area contributed by atoms with Crippen molar-refractivity contribution in [3.63, 3.8) is 0 Å². The summed E-state index contributed by atoms with van der Waals surface area (Å²) in [4.78, 5) is 30.8. The van der Waals surface area contributed by atoms with Gasteiger partial charge in [-0.1, -0.05) is 19.1 Å². The average Bonchev–Trinajstić information content (AvgIpc) is 2.48. The molecule has 128 valence electrons. The molecule has 0 aliphatic carbocycles. The second-order valence-electron chi connectivity index (χ2n) is 5.18. The molecular formula is C16H17O7P. The van der Waals surface area contributed by atoms with E-state index in [1.165, 1.54) is 24.3 Å². The molecule has 7 nitrogen and oxygen atoms in total. The fourth-order valence-corrected chi connectivity index (χ4v) is 2.79. The second-order valence-corrected chi connectivity index (χ2v) is 6.34. The van der Waals surface area contributed by atoms with Gasteiger partial charge in [0.05, 0.1) is 5.56 Å². The van der Waals surface area contributed by atoms with E-state index in [9.17, 15) is 19.6 Å². The summed E-state index contributed by atoms with van der Waals surface area (Å²) in [5.41, 5.74) is 0.603. The molecule has 0 bridgehead atoms. The lowest BCUT2D eigenvalue weighted by Gasteiger charge is -2.17. The van der Waals surface area contributed by atoms with Gasteiger partial charge in [-0.3, -0.25) is 14.6 Å². The fourth-order valence-electron chi connectivity index (χ4n) is 2.39. The van der Waals surface area contributed by atoms with Gasteiger partial charge in [-0.25, -0.2) is 4.57 Å². The minimum absolute atomic E-state index is 0.0453. The quantitative estimate of drug-likeness (QED) is 0.465. The summed E-state index contributed by atoms with van der Waals surface area (Å²) in [5, 5.41) is 18.8. The first kappa shape index (κ1) is 18.0. The van der Waals surface area contributed by atoms with E-state index in [1.54, 1.807) is 19.1 Å². The third-order valence-corrected chi connectivity index (χ3v) is 3.90. The number of Topliss-reactive ketones (excluding diaryl/α,β-unsaturated/α-hetero) is 1. The smallest absolute Gasteiger partial charge is 0.508 e. The molecule has 2 rings (SSSR count). The molecule has 0 aliphatic rings. The van der Waals surface area contributed by atoms with Gasteiger partial charge in [0.2, 0.25) is 0 Å². The largest absolute Gasteiger partial charge is 0.524 e. The molecule has 0 fully saturated rings. The number of phenolic OH excluding ortho intramolecular Hbond substituents is 2. The van der Waals surface area contributed by atoms with Crippen molar-refractivity contribution in [2.75, 3.05) is 0 Å². The molecule has 0 spiro atoms. The highest BCUT2D eigenvalue weighted by atomic mass is 31.2. The third-order valence-electron chi connectivity index (χ3n) is 3.47. The number of benzene rings is 2. The number of aromatic hydroxyl groups is 2. The summed E-state index contributed by atoms with van der Waals surface area (Å²) < 4.78 is 15.6. The first-order valence-corrected chi connectivity index (χ1v) is 8.65. The van der Waals surface area contributed by atoms with Crippen LogP contribution < -0.4 is 4.52 Å². The number of phosphoric ester groups is 1. The molecule has 1 unspecified atom stereocenters. The molecule has 4 N–H and O–H groups in total. The summed E-state index contributed by atoms with van der Waals surface area (Å²) in [5.74, 6) is -1.60. The van der Waals surface area contributed by atoms with E-state index < -0.39 is 19.5 Å². The Kier molecular flexibility index (Phi) is 5.29. The maximum Gasteiger partial charge on any atom is 0.524 e. The zero-order chi connectivity index (χ0) is 17.9. The fraction of sp³-hybridized carbons (Fsp3) is 0.188. The second kappa shape index (κ2) is 7.05. The number of phosphoric acid groups is 1. The number of ketones is 1. The molecule has 0 amide bonds. The molecule has 2 aromatic carbocycles. The Bertz CT molecular complexity index is 780. The van der Waals surface area contributed by atoms with Crippen LogP contribution in [0, 0.1) is 0 Å². The lowest BCUT2D eigenvalue weighted by molar-refractivity contribution is 0.0955. The van der Waals surface area contributed by atoms with Gasteiger partial charge >= 0.3 is 7.82 Å². The van der Waals surface area contributed by atoms with Crippen molar-refractivity contribution in [2.24, 2.45) is 0 Å². The van der Waals surface area contributed by atoms with Gasteiger partial charge in [0, 0.05) is 12.0 Å². The van der Waals surface area contributed by atoms with Crippen molar-refractivity contribution in [2.45, 2.75) is 19.3 Å². The highest BCUT2D eigenvalue weighted by Gasteiger charge is 2.26. The highest BCUT2D eigenvalue weighted by Crippen LogP contribution is 2.41. The van der Waals surface area contributed by atoms with Gasteiger partial charge in [-0.15, -0.1) is 0 Å². The predicted octanol–water partition coefficient (Wildman–Crippen LogP) is 2.95. The minimum Gasteiger partial charge on any atom is -0.508 e. The summed E-state index contributed by atoms with van der Waals surface area (Å²) in [7, 11) is -4.89. The molecule has 8 heteroatoms. The van der Waals surface area contributed by atoms with Gasteiger partial charge in [0.15, 0.2) is 5.78 Å². The minimum atomic E-state index is -4.89. The lowest BCUT2D eigenvalue weighted by atomic mass is 9.88. The first-order valence-electron chi connectivity index (χ1n) is 7.12. The van der Waals surface area contributed by atoms with Gasteiger partial charge < -0.3 is 14.7 Å². The number of rotatable bonds is 6.